The first kappa shape index (κ1) is 34.8. The van der Waals surface area contributed by atoms with E-state index in [2.05, 4.69) is 51.4 Å². The Morgan fingerprint density at radius 2 is 1.17 bits per heavy atom. The van der Waals surface area contributed by atoms with Gasteiger partial charge in [-0.2, -0.15) is 0 Å². The molecule has 4 aromatic carbocycles. The number of aromatic nitrogens is 2. The van der Waals surface area contributed by atoms with Crippen LogP contribution in [0.1, 0.15) is 33.5 Å². The van der Waals surface area contributed by atoms with E-state index in [4.69, 9.17) is 39.8 Å². The Morgan fingerprint density at radius 3 is 1.72 bits per heavy atom. The molecule has 2 fully saturated rings. The highest BCUT2D eigenvalue weighted by atomic mass is 35.5. The van der Waals surface area contributed by atoms with Crippen LogP contribution in [0, 0.1) is 0 Å². The van der Waals surface area contributed by atoms with Crippen LogP contribution >= 0.6 is 11.8 Å². The highest BCUT2D eigenvalue weighted by Crippen LogP contribution is 2.38. The summed E-state index contributed by atoms with van der Waals surface area (Å²) in [7, 11) is 0. The molecule has 1 amide bonds. The molecule has 4 aliphatic heterocycles. The number of carbonyl (C=O) groups excluding carboxylic acids is 2. The average molecular weight is 749 g/mol. The first-order valence-electron chi connectivity index (χ1n) is 17.1. The van der Waals surface area contributed by atoms with Gasteiger partial charge in [0.25, 0.3) is 18.3 Å². The normalized spacial score (nSPS) is 15.5. The van der Waals surface area contributed by atoms with E-state index in [-0.39, 0.29) is 25.4 Å². The maximum absolute atomic E-state index is 12.6. The van der Waals surface area contributed by atoms with Gasteiger partial charge in [0.05, 0.1) is 6.07 Å². The van der Waals surface area contributed by atoms with Crippen molar-refractivity contribution in [1.29, 1.82) is 0 Å². The summed E-state index contributed by atoms with van der Waals surface area (Å²) >= 11 is 5.73. The standard InChI is InChI=1S/C20H16N2O4.C11H7NO5.C9H10ClN/c23-20(22-10-15(11-22)13-4-2-1-3-5-13)16-9-18(26-21-16)14-6-7-17-19(8-14)25-12-24-17;13-5-14-11-4-9(17-12-11)7-1-2-8-10(3-7)16-6-15-8;10-11-6-9(7-11)8-4-2-1-3-5-8/h1-9,15H,10-12H2;1-5H,6H2;1-5,9H,6-7H2. The Morgan fingerprint density at radius 1 is 0.648 bits per heavy atom. The van der Waals surface area contributed by atoms with E-state index >= 15 is 0 Å². The molecule has 14 heteroatoms. The van der Waals surface area contributed by atoms with Gasteiger partial charge in [-0.1, -0.05) is 65.8 Å². The van der Waals surface area contributed by atoms with Crippen LogP contribution in [0.5, 0.6) is 28.9 Å². The van der Waals surface area contributed by atoms with Gasteiger partial charge in [0.15, 0.2) is 40.2 Å². The number of ether oxygens (including phenoxy) is 5. The van der Waals surface area contributed by atoms with E-state index in [1.165, 1.54) is 17.2 Å². The van der Waals surface area contributed by atoms with Crippen LogP contribution in [0.15, 0.2) is 118 Å². The van der Waals surface area contributed by atoms with E-state index < -0.39 is 0 Å². The molecule has 6 aromatic rings. The minimum atomic E-state index is -0.104. The summed E-state index contributed by atoms with van der Waals surface area (Å²) in [6.45, 7) is 4.12. The number of likely N-dealkylation sites (tertiary alicyclic amines) is 1. The third-order valence-electron chi connectivity index (χ3n) is 9.25. The van der Waals surface area contributed by atoms with Gasteiger partial charge < -0.3 is 37.6 Å². The monoisotopic (exact) mass is 748 g/mol. The molecule has 0 aliphatic carbocycles. The maximum Gasteiger partial charge on any atom is 0.299 e. The fourth-order valence-electron chi connectivity index (χ4n) is 6.21. The Labute approximate surface area is 314 Å². The maximum atomic E-state index is 12.6. The van der Waals surface area contributed by atoms with Gasteiger partial charge in [-0.25, -0.2) is 4.42 Å². The number of hydrogen-bond donors (Lipinski definition) is 0. The van der Waals surface area contributed by atoms with Crippen molar-refractivity contribution >= 4 is 24.2 Å². The zero-order chi connectivity index (χ0) is 36.9. The molecule has 0 atom stereocenters. The molecule has 0 radical (unpaired) electrons. The molecule has 0 bridgehead atoms. The third kappa shape index (κ3) is 7.72. The van der Waals surface area contributed by atoms with Crippen molar-refractivity contribution in [3.8, 4) is 51.5 Å². The van der Waals surface area contributed by atoms with Gasteiger partial charge in [-0.15, -0.1) is 0 Å². The lowest BCUT2D eigenvalue weighted by Gasteiger charge is -2.39. The van der Waals surface area contributed by atoms with Crippen LogP contribution < -0.4 is 23.7 Å². The van der Waals surface area contributed by atoms with E-state index in [1.807, 2.05) is 46.9 Å². The summed E-state index contributed by atoms with van der Waals surface area (Å²) in [4.78, 5) is 24.5. The Hall–Kier alpha value is -6.31. The van der Waals surface area contributed by atoms with Crippen molar-refractivity contribution < 1.29 is 42.3 Å². The lowest BCUT2D eigenvalue weighted by molar-refractivity contribution is -0.121. The summed E-state index contributed by atoms with van der Waals surface area (Å²) in [5.41, 5.74) is 4.56. The number of nitrogens with zero attached hydrogens (tertiary/aromatic N) is 4. The number of amides is 1. The summed E-state index contributed by atoms with van der Waals surface area (Å²) in [5.74, 6) is 4.80. The Balaban J connectivity index is 0.000000126. The summed E-state index contributed by atoms with van der Waals surface area (Å²) in [6, 6.07) is 34.8. The second-order valence-electron chi connectivity index (χ2n) is 12.7. The largest absolute Gasteiger partial charge is 0.454 e. The topological polar surface area (TPSA) is 139 Å². The second kappa shape index (κ2) is 15.7. The van der Waals surface area contributed by atoms with Gasteiger partial charge >= 0.3 is 0 Å². The fourth-order valence-corrected chi connectivity index (χ4v) is 6.55. The molecule has 10 rings (SSSR count). The van der Waals surface area contributed by atoms with Crippen LogP contribution in [0.4, 0.5) is 0 Å². The number of benzene rings is 4. The fraction of sp³-hybridized carbons (Fsp3) is 0.200. The molecular weight excluding hydrogens is 716 g/mol. The van der Waals surface area contributed by atoms with Crippen LogP contribution in [-0.4, -0.2) is 71.8 Å². The second-order valence-corrected chi connectivity index (χ2v) is 13.2. The number of hydrogen-bond acceptors (Lipinski definition) is 12. The van der Waals surface area contributed by atoms with Crippen molar-refractivity contribution in [2.75, 3.05) is 39.8 Å². The molecule has 13 nitrogen and oxygen atoms in total. The summed E-state index contributed by atoms with van der Waals surface area (Å²) < 4.78 is 37.9. The van der Waals surface area contributed by atoms with E-state index in [9.17, 15) is 9.59 Å². The van der Waals surface area contributed by atoms with Gasteiger partial charge in [-0.05, 0) is 64.5 Å². The van der Waals surface area contributed by atoms with Gasteiger partial charge in [0.2, 0.25) is 13.6 Å². The van der Waals surface area contributed by atoms with Crippen molar-refractivity contribution in [3.05, 3.63) is 126 Å². The number of rotatable bonds is 7. The SMILES string of the molecule is ClN1CC(c2ccccc2)C1.O=C(c1cc(-c2ccc3c(c2)OCO3)on1)N1CC(c2ccccc2)C1.O=COc1cc(-c2ccc3c(c2)OCO3)on1. The molecule has 0 N–H and O–H groups in total. The lowest BCUT2D eigenvalue weighted by Crippen LogP contribution is -2.48. The van der Waals surface area contributed by atoms with E-state index in [1.54, 1.807) is 29.2 Å². The van der Waals surface area contributed by atoms with Crippen LogP contribution in [0.3, 0.4) is 0 Å². The lowest BCUT2D eigenvalue weighted by atomic mass is 9.91. The Kier molecular flexibility index (Phi) is 10.1. The van der Waals surface area contributed by atoms with Crippen molar-refractivity contribution in [2.24, 2.45) is 0 Å². The van der Waals surface area contributed by atoms with Crippen molar-refractivity contribution in [2.45, 2.75) is 11.8 Å². The zero-order valence-corrected chi connectivity index (χ0v) is 29.5. The van der Waals surface area contributed by atoms with E-state index in [0.29, 0.717) is 71.6 Å². The average Bonchev–Trinajstić information content (AvgIpc) is 4.01. The molecule has 2 aromatic heterocycles. The highest BCUT2D eigenvalue weighted by Gasteiger charge is 2.33. The molecule has 0 unspecified atom stereocenters. The molecule has 4 aliphatic rings. The smallest absolute Gasteiger partial charge is 0.299 e. The highest BCUT2D eigenvalue weighted by molar-refractivity contribution is 6.13. The number of fused-ring (bicyclic) bond motifs is 2. The van der Waals surface area contributed by atoms with Crippen LogP contribution in [-0.2, 0) is 4.79 Å². The van der Waals surface area contributed by atoms with E-state index in [0.717, 1.165) is 24.2 Å². The molecule has 0 spiro atoms. The molecule has 54 heavy (non-hydrogen) atoms. The zero-order valence-electron chi connectivity index (χ0n) is 28.7. The predicted molar refractivity (Wildman–Crippen MR) is 195 cm³/mol. The first-order chi connectivity index (χ1) is 26.5. The molecule has 6 heterocycles. The summed E-state index contributed by atoms with van der Waals surface area (Å²) in [5, 5.41) is 7.52. The minimum absolute atomic E-state index is 0.104. The van der Waals surface area contributed by atoms with Crippen LogP contribution in [0.25, 0.3) is 22.6 Å². The number of halogens is 1. The Bertz CT molecular complexity index is 2220. The number of carbonyl (C=O) groups is 2. The molecule has 0 saturated carbocycles. The van der Waals surface area contributed by atoms with Gasteiger partial charge in [0.1, 0.15) is 0 Å². The molecule has 274 valence electrons. The predicted octanol–water partition coefficient (Wildman–Crippen LogP) is 7.16. The quantitative estimate of drug-likeness (QED) is 0.121. The molecule has 2 saturated heterocycles. The third-order valence-corrected chi connectivity index (χ3v) is 9.52. The van der Waals surface area contributed by atoms with Gasteiger partial charge in [-0.3, -0.25) is 9.59 Å². The van der Waals surface area contributed by atoms with Crippen LogP contribution in [0.2, 0.25) is 0 Å². The van der Waals surface area contributed by atoms with Crippen molar-refractivity contribution in [3.63, 3.8) is 0 Å². The summed E-state index contributed by atoms with van der Waals surface area (Å²) in [6.07, 6.45) is 0. The first-order valence-corrected chi connectivity index (χ1v) is 17.5. The minimum Gasteiger partial charge on any atom is -0.454 e. The van der Waals surface area contributed by atoms with Crippen molar-refractivity contribution in [1.82, 2.24) is 19.6 Å². The van der Waals surface area contributed by atoms with Gasteiger partial charge in [0, 0.05) is 55.2 Å². The molecular formula is C40H33ClN4O9.